The van der Waals surface area contributed by atoms with E-state index in [4.69, 9.17) is 0 Å². The lowest BCUT2D eigenvalue weighted by Crippen LogP contribution is -2.34. The predicted molar refractivity (Wildman–Crippen MR) is 89.5 cm³/mol. The maximum atomic E-state index is 11.9. The van der Waals surface area contributed by atoms with Crippen molar-refractivity contribution >= 4 is 23.6 Å². The van der Waals surface area contributed by atoms with E-state index >= 15 is 0 Å². The van der Waals surface area contributed by atoms with Crippen molar-refractivity contribution < 1.29 is 9.59 Å². The number of hydrogen-bond donors (Lipinski definition) is 2. The molecule has 2 N–H and O–H groups in total. The summed E-state index contributed by atoms with van der Waals surface area (Å²) in [5.74, 6) is 0.519. The molecule has 0 unspecified atom stereocenters. The summed E-state index contributed by atoms with van der Waals surface area (Å²) in [4.78, 5) is 31.8. The van der Waals surface area contributed by atoms with Crippen LogP contribution in [0.4, 0.5) is 0 Å². The maximum absolute atomic E-state index is 11.9. The lowest BCUT2D eigenvalue weighted by Gasteiger charge is -2.07. The molecule has 2 amide bonds. The zero-order chi connectivity index (χ0) is 16.5. The van der Waals surface area contributed by atoms with Crippen LogP contribution in [-0.4, -0.2) is 40.6 Å². The van der Waals surface area contributed by atoms with Gasteiger partial charge in [0, 0.05) is 31.7 Å². The van der Waals surface area contributed by atoms with Gasteiger partial charge in [0.2, 0.25) is 0 Å². The van der Waals surface area contributed by atoms with E-state index < -0.39 is 0 Å². The highest BCUT2D eigenvalue weighted by Crippen LogP contribution is 2.14. The van der Waals surface area contributed by atoms with Gasteiger partial charge in [-0.3, -0.25) is 14.6 Å². The van der Waals surface area contributed by atoms with Crippen molar-refractivity contribution in [3.8, 4) is 0 Å². The summed E-state index contributed by atoms with van der Waals surface area (Å²) < 4.78 is 0. The van der Waals surface area contributed by atoms with Crippen molar-refractivity contribution in [1.82, 2.24) is 20.6 Å². The average Bonchev–Trinajstić information content (AvgIpc) is 2.60. The summed E-state index contributed by atoms with van der Waals surface area (Å²) in [5, 5.41) is 6.36. The third-order valence-electron chi connectivity index (χ3n) is 2.91. The van der Waals surface area contributed by atoms with E-state index in [2.05, 4.69) is 20.6 Å². The standard InChI is InChI=1S/C16H18N4O2S/c1-2-23-14-6-5-13(11-20-14)16(22)19-9-8-18-15(21)12-4-3-7-17-10-12/h3-7,10-11H,2,8-9H2,1H3,(H,18,21)(H,19,22). The maximum Gasteiger partial charge on any atom is 0.252 e. The number of pyridine rings is 2. The Bertz CT molecular complexity index is 647. The number of rotatable bonds is 7. The van der Waals surface area contributed by atoms with E-state index in [1.165, 1.54) is 6.20 Å². The third kappa shape index (κ3) is 5.37. The van der Waals surface area contributed by atoms with Gasteiger partial charge in [0.15, 0.2) is 0 Å². The predicted octanol–water partition coefficient (Wildman–Crippen LogP) is 1.75. The van der Waals surface area contributed by atoms with Crippen molar-refractivity contribution in [3.05, 3.63) is 54.0 Å². The number of carbonyl (C=O) groups excluding carboxylic acids is 2. The van der Waals surface area contributed by atoms with Gasteiger partial charge in [-0.1, -0.05) is 6.92 Å². The van der Waals surface area contributed by atoms with Crippen LogP contribution in [0, 0.1) is 0 Å². The molecule has 0 radical (unpaired) electrons. The van der Waals surface area contributed by atoms with Gasteiger partial charge in [-0.2, -0.15) is 0 Å². The molecule has 2 heterocycles. The van der Waals surface area contributed by atoms with Crippen molar-refractivity contribution in [1.29, 1.82) is 0 Å². The highest BCUT2D eigenvalue weighted by molar-refractivity contribution is 7.99. The van der Waals surface area contributed by atoms with E-state index in [-0.39, 0.29) is 11.8 Å². The van der Waals surface area contributed by atoms with Gasteiger partial charge in [-0.05, 0) is 30.0 Å². The normalized spacial score (nSPS) is 10.1. The van der Waals surface area contributed by atoms with Gasteiger partial charge in [0.25, 0.3) is 11.8 Å². The molecule has 0 aliphatic carbocycles. The van der Waals surface area contributed by atoms with Crippen molar-refractivity contribution in [2.45, 2.75) is 11.9 Å². The molecule has 2 rings (SSSR count). The van der Waals surface area contributed by atoms with Crippen LogP contribution in [0.5, 0.6) is 0 Å². The van der Waals surface area contributed by atoms with E-state index in [9.17, 15) is 9.59 Å². The SMILES string of the molecule is CCSc1ccc(C(=O)NCCNC(=O)c2cccnc2)cn1. The molecule has 0 bridgehead atoms. The van der Waals surface area contributed by atoms with Crippen LogP contribution in [0.1, 0.15) is 27.6 Å². The molecule has 2 aromatic heterocycles. The minimum absolute atomic E-state index is 0.207. The van der Waals surface area contributed by atoms with Crippen LogP contribution in [-0.2, 0) is 0 Å². The van der Waals surface area contributed by atoms with Gasteiger partial charge in [0.05, 0.1) is 16.2 Å². The number of amides is 2. The quantitative estimate of drug-likeness (QED) is 0.597. The van der Waals surface area contributed by atoms with Crippen LogP contribution in [0.25, 0.3) is 0 Å². The molecule has 0 aliphatic heterocycles. The molecule has 6 nitrogen and oxygen atoms in total. The number of thioether (sulfide) groups is 1. The second-order valence-corrected chi connectivity index (χ2v) is 5.86. The molecular weight excluding hydrogens is 312 g/mol. The van der Waals surface area contributed by atoms with Crippen molar-refractivity contribution in [2.75, 3.05) is 18.8 Å². The Morgan fingerprint density at radius 1 is 1.04 bits per heavy atom. The number of hydrogen-bond acceptors (Lipinski definition) is 5. The lowest BCUT2D eigenvalue weighted by molar-refractivity contribution is 0.0927. The molecule has 120 valence electrons. The smallest absolute Gasteiger partial charge is 0.252 e. The van der Waals surface area contributed by atoms with E-state index in [1.54, 1.807) is 42.4 Å². The zero-order valence-electron chi connectivity index (χ0n) is 12.8. The summed E-state index contributed by atoms with van der Waals surface area (Å²) in [7, 11) is 0. The molecule has 0 spiro atoms. The fourth-order valence-corrected chi connectivity index (χ4v) is 2.39. The molecule has 0 fully saturated rings. The first-order valence-electron chi connectivity index (χ1n) is 7.26. The fourth-order valence-electron chi connectivity index (χ4n) is 1.80. The monoisotopic (exact) mass is 330 g/mol. The first-order chi connectivity index (χ1) is 11.2. The second kappa shape index (κ2) is 8.89. The van der Waals surface area contributed by atoms with Crippen LogP contribution in [0.2, 0.25) is 0 Å². The van der Waals surface area contributed by atoms with E-state index in [0.29, 0.717) is 24.2 Å². The first kappa shape index (κ1) is 17.0. The van der Waals surface area contributed by atoms with Crippen LogP contribution >= 0.6 is 11.8 Å². The fraction of sp³-hybridized carbons (Fsp3) is 0.250. The first-order valence-corrected chi connectivity index (χ1v) is 8.24. The molecule has 7 heteroatoms. The Labute approximate surface area is 139 Å². The highest BCUT2D eigenvalue weighted by Gasteiger charge is 2.07. The lowest BCUT2D eigenvalue weighted by atomic mass is 10.2. The van der Waals surface area contributed by atoms with Gasteiger partial charge in [0.1, 0.15) is 0 Å². The van der Waals surface area contributed by atoms with Gasteiger partial charge < -0.3 is 10.6 Å². The Balaban J connectivity index is 1.73. The van der Waals surface area contributed by atoms with Gasteiger partial charge in [-0.15, -0.1) is 11.8 Å². The summed E-state index contributed by atoms with van der Waals surface area (Å²) in [6, 6.07) is 6.95. The summed E-state index contributed by atoms with van der Waals surface area (Å²) in [5.41, 5.74) is 0.996. The summed E-state index contributed by atoms with van der Waals surface area (Å²) in [6.07, 6.45) is 4.66. The molecule has 0 aliphatic rings. The molecule has 0 aromatic carbocycles. The van der Waals surface area contributed by atoms with Gasteiger partial charge >= 0.3 is 0 Å². The molecule has 0 atom stereocenters. The third-order valence-corrected chi connectivity index (χ3v) is 3.74. The Hall–Kier alpha value is -2.41. The summed E-state index contributed by atoms with van der Waals surface area (Å²) in [6.45, 7) is 2.74. The zero-order valence-corrected chi connectivity index (χ0v) is 13.6. The van der Waals surface area contributed by atoms with Crippen LogP contribution < -0.4 is 10.6 Å². The Morgan fingerprint density at radius 2 is 1.74 bits per heavy atom. The second-order valence-electron chi connectivity index (χ2n) is 4.57. The molecular formula is C16H18N4O2S. The van der Waals surface area contributed by atoms with Gasteiger partial charge in [-0.25, -0.2) is 4.98 Å². The largest absolute Gasteiger partial charge is 0.350 e. The Kier molecular flexibility index (Phi) is 6.56. The number of aromatic nitrogens is 2. The minimum Gasteiger partial charge on any atom is -0.350 e. The highest BCUT2D eigenvalue weighted by atomic mass is 32.2. The molecule has 23 heavy (non-hydrogen) atoms. The van der Waals surface area contributed by atoms with Crippen LogP contribution in [0.3, 0.4) is 0 Å². The van der Waals surface area contributed by atoms with Crippen molar-refractivity contribution in [3.63, 3.8) is 0 Å². The van der Waals surface area contributed by atoms with E-state index in [0.717, 1.165) is 10.8 Å². The van der Waals surface area contributed by atoms with Crippen molar-refractivity contribution in [2.24, 2.45) is 0 Å². The topological polar surface area (TPSA) is 84.0 Å². The molecule has 0 saturated heterocycles. The van der Waals surface area contributed by atoms with Crippen LogP contribution in [0.15, 0.2) is 47.9 Å². The molecule has 2 aromatic rings. The number of nitrogens with one attached hydrogen (secondary N) is 2. The Morgan fingerprint density at radius 3 is 2.26 bits per heavy atom. The minimum atomic E-state index is -0.213. The summed E-state index contributed by atoms with van der Waals surface area (Å²) >= 11 is 1.62. The van der Waals surface area contributed by atoms with E-state index in [1.807, 2.05) is 13.0 Å². The number of nitrogens with zero attached hydrogens (tertiary/aromatic N) is 2. The molecule has 0 saturated carbocycles. The average molecular weight is 330 g/mol. The number of carbonyl (C=O) groups is 2.